The lowest BCUT2D eigenvalue weighted by Crippen LogP contribution is -2.14. The van der Waals surface area contributed by atoms with Crippen LogP contribution in [0.1, 0.15) is 28.5 Å². The van der Waals surface area contributed by atoms with Crippen molar-refractivity contribution in [3.05, 3.63) is 64.3 Å². The molecule has 0 fully saturated rings. The topological polar surface area (TPSA) is 60.1 Å². The Bertz CT molecular complexity index is 914. The molecule has 0 atom stereocenters. The van der Waals surface area contributed by atoms with Gasteiger partial charge in [-0.25, -0.2) is 0 Å². The Morgan fingerprint density at radius 1 is 1.25 bits per heavy atom. The second-order valence-electron chi connectivity index (χ2n) is 5.75. The molecule has 0 aliphatic heterocycles. The molecule has 0 bridgehead atoms. The normalized spacial score (nSPS) is 11.0. The number of carbonyl (C=O) groups is 1. The van der Waals surface area contributed by atoms with Gasteiger partial charge in [-0.15, -0.1) is 0 Å². The molecule has 1 heterocycles. The summed E-state index contributed by atoms with van der Waals surface area (Å²) in [4.78, 5) is 12.9. The number of nitrogens with zero attached hydrogens (tertiary/aromatic N) is 1. The van der Waals surface area contributed by atoms with Crippen molar-refractivity contribution in [2.24, 2.45) is 12.8 Å². The first-order valence-corrected chi connectivity index (χ1v) is 8.30. The van der Waals surface area contributed by atoms with E-state index < -0.39 is 0 Å². The second kappa shape index (κ2) is 6.67. The molecule has 5 heteroatoms. The summed E-state index contributed by atoms with van der Waals surface area (Å²) in [5.74, 6) is -0.131. The standard InChI is InChI=1S/C19H20ClN3O/c1-3-16-18(15-10-13(20)7-8-17(15)23(16)2)19(24)22-14-6-4-5-12(9-14)11-21/h4-10H,3,11,21H2,1-2H3,(H,22,24). The fourth-order valence-electron chi connectivity index (χ4n) is 3.11. The Hall–Kier alpha value is -2.30. The van der Waals surface area contributed by atoms with Crippen LogP contribution in [0.5, 0.6) is 0 Å². The van der Waals surface area contributed by atoms with Gasteiger partial charge in [-0.1, -0.05) is 30.7 Å². The Kier molecular flexibility index (Phi) is 4.60. The lowest BCUT2D eigenvalue weighted by molar-refractivity contribution is 0.102. The van der Waals surface area contributed by atoms with E-state index in [9.17, 15) is 4.79 Å². The molecule has 0 unspecified atom stereocenters. The maximum Gasteiger partial charge on any atom is 0.258 e. The number of aryl methyl sites for hydroxylation is 1. The zero-order valence-corrected chi connectivity index (χ0v) is 14.5. The highest BCUT2D eigenvalue weighted by molar-refractivity contribution is 6.31. The van der Waals surface area contributed by atoms with E-state index in [1.807, 2.05) is 56.4 Å². The average Bonchev–Trinajstić information content (AvgIpc) is 2.86. The van der Waals surface area contributed by atoms with Crippen molar-refractivity contribution in [2.75, 3.05) is 5.32 Å². The number of hydrogen-bond donors (Lipinski definition) is 2. The molecule has 1 aromatic heterocycles. The minimum atomic E-state index is -0.131. The molecule has 3 rings (SSSR count). The first kappa shape index (κ1) is 16.6. The SMILES string of the molecule is CCc1c(C(=O)Nc2cccc(CN)c2)c2cc(Cl)ccc2n1C. The van der Waals surface area contributed by atoms with Gasteiger partial charge >= 0.3 is 0 Å². The van der Waals surface area contributed by atoms with Crippen LogP contribution >= 0.6 is 11.6 Å². The molecule has 0 spiro atoms. The van der Waals surface area contributed by atoms with Crippen molar-refractivity contribution >= 4 is 34.1 Å². The van der Waals surface area contributed by atoms with Crippen molar-refractivity contribution < 1.29 is 4.79 Å². The zero-order chi connectivity index (χ0) is 17.3. The summed E-state index contributed by atoms with van der Waals surface area (Å²) in [5, 5.41) is 4.47. The third-order valence-corrected chi connectivity index (χ3v) is 4.50. The first-order chi connectivity index (χ1) is 11.5. The maximum atomic E-state index is 12.9. The Labute approximate surface area is 146 Å². The van der Waals surface area contributed by atoms with Crippen molar-refractivity contribution in [1.29, 1.82) is 0 Å². The van der Waals surface area contributed by atoms with Crippen LogP contribution in [0.2, 0.25) is 5.02 Å². The van der Waals surface area contributed by atoms with Crippen LogP contribution in [-0.2, 0) is 20.0 Å². The Morgan fingerprint density at radius 3 is 2.75 bits per heavy atom. The van der Waals surface area contributed by atoms with E-state index in [-0.39, 0.29) is 5.91 Å². The highest BCUT2D eigenvalue weighted by atomic mass is 35.5. The third kappa shape index (κ3) is 2.90. The average molecular weight is 342 g/mol. The van der Waals surface area contributed by atoms with Crippen LogP contribution < -0.4 is 11.1 Å². The van der Waals surface area contributed by atoms with Gasteiger partial charge in [-0.05, 0) is 42.3 Å². The third-order valence-electron chi connectivity index (χ3n) is 4.27. The molecule has 2 aromatic carbocycles. The Morgan fingerprint density at radius 2 is 2.04 bits per heavy atom. The number of rotatable bonds is 4. The van der Waals surface area contributed by atoms with E-state index in [4.69, 9.17) is 17.3 Å². The molecule has 0 aliphatic rings. The summed E-state index contributed by atoms with van der Waals surface area (Å²) in [6.07, 6.45) is 0.758. The zero-order valence-electron chi connectivity index (χ0n) is 13.8. The molecule has 1 amide bonds. The predicted octanol–water partition coefficient (Wildman–Crippen LogP) is 4.11. The maximum absolute atomic E-state index is 12.9. The number of nitrogens with one attached hydrogen (secondary N) is 1. The van der Waals surface area contributed by atoms with Crippen LogP contribution in [0.25, 0.3) is 10.9 Å². The van der Waals surface area contributed by atoms with Crippen molar-refractivity contribution in [1.82, 2.24) is 4.57 Å². The molecule has 3 N–H and O–H groups in total. The predicted molar refractivity (Wildman–Crippen MR) is 99.6 cm³/mol. The number of anilines is 1. The van der Waals surface area contributed by atoms with Crippen LogP contribution in [0, 0.1) is 0 Å². The monoisotopic (exact) mass is 341 g/mol. The summed E-state index contributed by atoms with van der Waals surface area (Å²) in [7, 11) is 1.97. The second-order valence-corrected chi connectivity index (χ2v) is 6.19. The number of fused-ring (bicyclic) bond motifs is 1. The molecule has 4 nitrogen and oxygen atoms in total. The summed E-state index contributed by atoms with van der Waals surface area (Å²) < 4.78 is 2.05. The Balaban J connectivity index is 2.07. The van der Waals surface area contributed by atoms with Gasteiger partial charge in [0.15, 0.2) is 0 Å². The van der Waals surface area contributed by atoms with Gasteiger partial charge < -0.3 is 15.6 Å². The van der Waals surface area contributed by atoms with Gasteiger partial charge in [-0.2, -0.15) is 0 Å². The van der Waals surface area contributed by atoms with Gasteiger partial charge in [0.25, 0.3) is 5.91 Å². The molecule has 0 aliphatic carbocycles. The number of aromatic nitrogens is 1. The summed E-state index contributed by atoms with van der Waals surface area (Å²) in [6, 6.07) is 13.2. The molecule has 24 heavy (non-hydrogen) atoms. The van der Waals surface area contributed by atoms with Gasteiger partial charge in [-0.3, -0.25) is 4.79 Å². The number of hydrogen-bond acceptors (Lipinski definition) is 2. The van der Waals surface area contributed by atoms with Gasteiger partial charge in [0.1, 0.15) is 0 Å². The van der Waals surface area contributed by atoms with Gasteiger partial charge in [0.2, 0.25) is 0 Å². The lowest BCUT2D eigenvalue weighted by Gasteiger charge is -2.08. The van der Waals surface area contributed by atoms with Crippen LogP contribution in [0.3, 0.4) is 0 Å². The quantitative estimate of drug-likeness (QED) is 0.750. The smallest absolute Gasteiger partial charge is 0.258 e. The van der Waals surface area contributed by atoms with Crippen LogP contribution in [0.4, 0.5) is 5.69 Å². The molecular formula is C19H20ClN3O. The van der Waals surface area contributed by atoms with E-state index in [0.29, 0.717) is 17.1 Å². The van der Waals surface area contributed by atoms with Crippen molar-refractivity contribution in [2.45, 2.75) is 19.9 Å². The minimum absolute atomic E-state index is 0.131. The molecule has 0 saturated heterocycles. The number of carbonyl (C=O) groups excluding carboxylic acids is 1. The lowest BCUT2D eigenvalue weighted by atomic mass is 10.1. The number of benzene rings is 2. The molecule has 3 aromatic rings. The number of nitrogens with two attached hydrogens (primary N) is 1. The molecular weight excluding hydrogens is 322 g/mol. The number of halogens is 1. The van der Waals surface area contributed by atoms with Crippen LogP contribution in [0.15, 0.2) is 42.5 Å². The van der Waals surface area contributed by atoms with Gasteiger partial charge in [0, 0.05) is 40.9 Å². The summed E-state index contributed by atoms with van der Waals surface area (Å²) in [5.41, 5.74) is 10.0. The van der Waals surface area contributed by atoms with E-state index >= 15 is 0 Å². The summed E-state index contributed by atoms with van der Waals surface area (Å²) in [6.45, 7) is 2.48. The fourth-order valence-corrected chi connectivity index (χ4v) is 3.28. The van der Waals surface area contributed by atoms with Crippen molar-refractivity contribution in [3.8, 4) is 0 Å². The van der Waals surface area contributed by atoms with Crippen LogP contribution in [-0.4, -0.2) is 10.5 Å². The highest BCUT2D eigenvalue weighted by Crippen LogP contribution is 2.29. The molecule has 0 saturated carbocycles. The molecule has 0 radical (unpaired) electrons. The van der Waals surface area contributed by atoms with E-state index in [0.717, 1.165) is 34.3 Å². The van der Waals surface area contributed by atoms with Gasteiger partial charge in [0.05, 0.1) is 5.56 Å². The summed E-state index contributed by atoms with van der Waals surface area (Å²) >= 11 is 6.15. The molecule has 124 valence electrons. The van der Waals surface area contributed by atoms with E-state index in [1.54, 1.807) is 0 Å². The van der Waals surface area contributed by atoms with E-state index in [2.05, 4.69) is 9.88 Å². The first-order valence-electron chi connectivity index (χ1n) is 7.92. The number of amides is 1. The van der Waals surface area contributed by atoms with Crippen molar-refractivity contribution in [3.63, 3.8) is 0 Å². The largest absolute Gasteiger partial charge is 0.347 e. The highest BCUT2D eigenvalue weighted by Gasteiger charge is 2.20. The minimum Gasteiger partial charge on any atom is -0.347 e. The fraction of sp³-hybridized carbons (Fsp3) is 0.211. The van der Waals surface area contributed by atoms with E-state index in [1.165, 1.54) is 0 Å².